The van der Waals surface area contributed by atoms with Gasteiger partial charge in [-0.25, -0.2) is 14.4 Å². The molecule has 1 heterocycles. The van der Waals surface area contributed by atoms with Gasteiger partial charge in [0.1, 0.15) is 5.82 Å². The molecule has 4 heteroatoms. The number of halogens is 1. The highest BCUT2D eigenvalue weighted by atomic mass is 19.1. The first-order chi connectivity index (χ1) is 7.74. The molecule has 0 bridgehead atoms. The van der Waals surface area contributed by atoms with Crippen molar-refractivity contribution >= 4 is 5.95 Å². The molecular formula is C12H12FN3. The Morgan fingerprint density at radius 2 is 2.00 bits per heavy atom. The summed E-state index contributed by atoms with van der Waals surface area (Å²) >= 11 is 0. The second-order valence-corrected chi connectivity index (χ2v) is 3.57. The first-order valence-electron chi connectivity index (χ1n) is 5.01. The lowest BCUT2D eigenvalue weighted by Gasteiger charge is -2.04. The number of nitrogens with zero attached hydrogens (tertiary/aromatic N) is 2. The molecule has 0 aliphatic rings. The van der Waals surface area contributed by atoms with E-state index < -0.39 is 0 Å². The molecule has 0 saturated heterocycles. The normalized spacial score (nSPS) is 10.1. The van der Waals surface area contributed by atoms with Gasteiger partial charge in [0.15, 0.2) is 0 Å². The third-order valence-corrected chi connectivity index (χ3v) is 2.12. The largest absolute Gasteiger partial charge is 0.350 e. The summed E-state index contributed by atoms with van der Waals surface area (Å²) in [5, 5.41) is 3.03. The van der Waals surface area contributed by atoms with Gasteiger partial charge in [0.05, 0.1) is 0 Å². The van der Waals surface area contributed by atoms with Crippen molar-refractivity contribution in [2.24, 2.45) is 0 Å². The van der Waals surface area contributed by atoms with Gasteiger partial charge in [-0.1, -0.05) is 12.1 Å². The van der Waals surface area contributed by atoms with Gasteiger partial charge in [0.2, 0.25) is 5.95 Å². The summed E-state index contributed by atoms with van der Waals surface area (Å²) in [6.45, 7) is 2.44. The van der Waals surface area contributed by atoms with Crippen molar-refractivity contribution in [3.8, 4) is 0 Å². The van der Waals surface area contributed by atoms with Crippen LogP contribution in [-0.2, 0) is 6.54 Å². The Bertz CT molecular complexity index is 468. The molecule has 0 spiro atoms. The van der Waals surface area contributed by atoms with Crippen molar-refractivity contribution < 1.29 is 4.39 Å². The van der Waals surface area contributed by atoms with Crippen molar-refractivity contribution in [3.63, 3.8) is 0 Å². The van der Waals surface area contributed by atoms with Crippen LogP contribution in [-0.4, -0.2) is 9.97 Å². The number of aryl methyl sites for hydroxylation is 1. The number of rotatable bonds is 3. The minimum Gasteiger partial charge on any atom is -0.350 e. The summed E-state index contributed by atoms with van der Waals surface area (Å²) in [6, 6.07) is 6.44. The average molecular weight is 217 g/mol. The zero-order valence-electron chi connectivity index (χ0n) is 8.94. The van der Waals surface area contributed by atoms with Crippen molar-refractivity contribution in [1.29, 1.82) is 0 Å². The first kappa shape index (κ1) is 10.5. The van der Waals surface area contributed by atoms with Crippen LogP contribution in [0.25, 0.3) is 0 Å². The van der Waals surface area contributed by atoms with Crippen LogP contribution in [0.2, 0.25) is 0 Å². The van der Waals surface area contributed by atoms with Gasteiger partial charge in [-0.2, -0.15) is 0 Å². The second-order valence-electron chi connectivity index (χ2n) is 3.57. The van der Waals surface area contributed by atoms with E-state index in [1.165, 1.54) is 12.1 Å². The third-order valence-electron chi connectivity index (χ3n) is 2.12. The fourth-order valence-electron chi connectivity index (χ4n) is 1.31. The van der Waals surface area contributed by atoms with E-state index in [0.717, 1.165) is 11.1 Å². The minimum atomic E-state index is -0.232. The fourth-order valence-corrected chi connectivity index (χ4v) is 1.31. The molecule has 82 valence electrons. The molecular weight excluding hydrogens is 205 g/mol. The Morgan fingerprint density at radius 3 is 2.69 bits per heavy atom. The van der Waals surface area contributed by atoms with E-state index in [-0.39, 0.29) is 5.82 Å². The van der Waals surface area contributed by atoms with Crippen LogP contribution in [0.1, 0.15) is 11.1 Å². The maximum absolute atomic E-state index is 12.9. The monoisotopic (exact) mass is 217 g/mol. The Morgan fingerprint density at radius 1 is 1.25 bits per heavy atom. The summed E-state index contributed by atoms with van der Waals surface area (Å²) in [6.07, 6.45) is 3.47. The number of benzene rings is 1. The molecule has 2 aromatic rings. The molecule has 1 N–H and O–H groups in total. The molecule has 0 saturated carbocycles. The molecule has 0 fully saturated rings. The topological polar surface area (TPSA) is 37.8 Å². The quantitative estimate of drug-likeness (QED) is 0.858. The molecule has 0 aliphatic heterocycles. The van der Waals surface area contributed by atoms with Gasteiger partial charge in [-0.3, -0.25) is 0 Å². The molecule has 0 amide bonds. The van der Waals surface area contributed by atoms with Gasteiger partial charge in [0.25, 0.3) is 0 Å². The molecule has 3 nitrogen and oxygen atoms in total. The molecule has 2 rings (SSSR count). The summed E-state index contributed by atoms with van der Waals surface area (Å²) in [7, 11) is 0. The van der Waals surface area contributed by atoms with Crippen molar-refractivity contribution in [2.45, 2.75) is 13.5 Å². The van der Waals surface area contributed by atoms with Crippen LogP contribution in [0.4, 0.5) is 10.3 Å². The third kappa shape index (κ3) is 2.76. The van der Waals surface area contributed by atoms with E-state index >= 15 is 0 Å². The molecule has 0 aliphatic carbocycles. The second kappa shape index (κ2) is 4.70. The highest BCUT2D eigenvalue weighted by molar-refractivity contribution is 5.27. The van der Waals surface area contributed by atoms with Gasteiger partial charge >= 0.3 is 0 Å². The van der Waals surface area contributed by atoms with Crippen LogP contribution < -0.4 is 5.32 Å². The smallest absolute Gasteiger partial charge is 0.222 e. The van der Waals surface area contributed by atoms with E-state index in [2.05, 4.69) is 15.3 Å². The zero-order chi connectivity index (χ0) is 11.4. The van der Waals surface area contributed by atoms with Gasteiger partial charge < -0.3 is 5.32 Å². The molecule has 0 radical (unpaired) electrons. The summed E-state index contributed by atoms with van der Waals surface area (Å²) < 4.78 is 12.9. The van der Waals surface area contributed by atoms with Crippen molar-refractivity contribution in [2.75, 3.05) is 5.32 Å². The summed E-state index contributed by atoms with van der Waals surface area (Å²) in [5.41, 5.74) is 1.88. The van der Waals surface area contributed by atoms with E-state index in [1.807, 2.05) is 13.0 Å². The van der Waals surface area contributed by atoms with E-state index in [9.17, 15) is 4.39 Å². The lowest BCUT2D eigenvalue weighted by atomic mass is 10.2. The number of nitrogens with one attached hydrogen (secondary N) is 1. The van der Waals surface area contributed by atoms with E-state index in [4.69, 9.17) is 0 Å². The fraction of sp³-hybridized carbons (Fsp3) is 0.167. The molecule has 1 aromatic heterocycles. The Hall–Kier alpha value is -1.97. The molecule has 0 unspecified atom stereocenters. The maximum Gasteiger partial charge on any atom is 0.222 e. The first-order valence-corrected chi connectivity index (χ1v) is 5.01. The van der Waals surface area contributed by atoms with Gasteiger partial charge in [-0.05, 0) is 30.2 Å². The number of aromatic nitrogens is 2. The zero-order valence-corrected chi connectivity index (χ0v) is 8.94. The molecule has 1 aromatic carbocycles. The number of hydrogen-bond acceptors (Lipinski definition) is 3. The number of hydrogen-bond donors (Lipinski definition) is 1. The standard InChI is InChI=1S/C12H12FN3/c1-9-6-14-12(15-7-9)16-8-10-3-2-4-11(13)5-10/h2-7H,8H2,1H3,(H,14,15,16). The highest BCUT2D eigenvalue weighted by Gasteiger charge is 1.97. The Kier molecular flexibility index (Phi) is 3.10. The lowest BCUT2D eigenvalue weighted by molar-refractivity contribution is 0.626. The molecule has 0 atom stereocenters. The minimum absolute atomic E-state index is 0.232. The van der Waals surface area contributed by atoms with Crippen LogP contribution in [0, 0.1) is 12.7 Å². The van der Waals surface area contributed by atoms with Gasteiger partial charge in [-0.15, -0.1) is 0 Å². The number of anilines is 1. The van der Waals surface area contributed by atoms with Crippen molar-refractivity contribution in [3.05, 3.63) is 53.6 Å². The van der Waals surface area contributed by atoms with Crippen LogP contribution in [0.5, 0.6) is 0 Å². The SMILES string of the molecule is Cc1cnc(NCc2cccc(F)c2)nc1. The van der Waals surface area contributed by atoms with Crippen LogP contribution >= 0.6 is 0 Å². The predicted molar refractivity (Wildman–Crippen MR) is 60.5 cm³/mol. The molecule has 16 heavy (non-hydrogen) atoms. The average Bonchev–Trinajstić information content (AvgIpc) is 2.28. The van der Waals surface area contributed by atoms with E-state index in [1.54, 1.807) is 18.5 Å². The predicted octanol–water partition coefficient (Wildman–Crippen LogP) is 2.54. The lowest BCUT2D eigenvalue weighted by Crippen LogP contribution is -2.03. The summed E-state index contributed by atoms with van der Waals surface area (Å²) in [4.78, 5) is 8.20. The highest BCUT2D eigenvalue weighted by Crippen LogP contribution is 2.06. The van der Waals surface area contributed by atoms with Crippen LogP contribution in [0.3, 0.4) is 0 Å². The Balaban J connectivity index is 1.99. The van der Waals surface area contributed by atoms with E-state index in [0.29, 0.717) is 12.5 Å². The van der Waals surface area contributed by atoms with Crippen LogP contribution in [0.15, 0.2) is 36.7 Å². The van der Waals surface area contributed by atoms with Crippen molar-refractivity contribution in [1.82, 2.24) is 9.97 Å². The summed E-state index contributed by atoms with van der Waals surface area (Å²) in [5.74, 6) is 0.319. The maximum atomic E-state index is 12.9. The van der Waals surface area contributed by atoms with Gasteiger partial charge in [0, 0.05) is 18.9 Å². The Labute approximate surface area is 93.4 Å².